The Morgan fingerprint density at radius 1 is 1.50 bits per heavy atom. The largest absolute Gasteiger partial charge is 0.381 e. The number of anilines is 1. The number of nitrogens with one attached hydrogen (secondary N) is 2. The van der Waals surface area contributed by atoms with Crippen LogP contribution in [-0.4, -0.2) is 18.6 Å². The summed E-state index contributed by atoms with van der Waals surface area (Å²) in [5.74, 6) is -0.259. The van der Waals surface area contributed by atoms with E-state index in [0.29, 0.717) is 16.8 Å². The summed E-state index contributed by atoms with van der Waals surface area (Å²) in [6.45, 7) is 3.22. The van der Waals surface area contributed by atoms with Gasteiger partial charge >= 0.3 is 0 Å². The van der Waals surface area contributed by atoms with Crippen LogP contribution in [0.3, 0.4) is 0 Å². The molecule has 2 unspecified atom stereocenters. The van der Waals surface area contributed by atoms with Crippen LogP contribution in [0, 0.1) is 5.82 Å². The lowest BCUT2D eigenvalue weighted by Crippen LogP contribution is -2.37. The third kappa shape index (κ3) is 3.85. The molecule has 0 aliphatic carbocycles. The normalized spacial score (nSPS) is 21.6. The molecule has 0 saturated carbocycles. The van der Waals surface area contributed by atoms with E-state index in [0.717, 1.165) is 13.0 Å². The molecule has 0 radical (unpaired) electrons. The van der Waals surface area contributed by atoms with Crippen molar-refractivity contribution >= 4 is 17.3 Å². The third-order valence-electron chi connectivity index (χ3n) is 3.38. The first kappa shape index (κ1) is 13.6. The Bertz CT molecular complexity index is 391. The highest BCUT2D eigenvalue weighted by molar-refractivity contribution is 6.33. The Kier molecular flexibility index (Phi) is 4.84. The predicted octanol–water partition coefficient (Wildman–Crippen LogP) is 3.81. The quantitative estimate of drug-likeness (QED) is 0.869. The lowest BCUT2D eigenvalue weighted by atomic mass is 9.98. The molecule has 2 nitrogen and oxygen atoms in total. The second-order valence-electron chi connectivity index (χ2n) is 5.05. The molecule has 1 aromatic rings. The van der Waals surface area contributed by atoms with Crippen LogP contribution >= 0.6 is 11.6 Å². The number of hydrogen-bond donors (Lipinski definition) is 2. The van der Waals surface area contributed by atoms with Gasteiger partial charge < -0.3 is 10.6 Å². The molecule has 100 valence electrons. The van der Waals surface area contributed by atoms with Gasteiger partial charge in [0, 0.05) is 12.1 Å². The van der Waals surface area contributed by atoms with Gasteiger partial charge in [-0.25, -0.2) is 4.39 Å². The summed E-state index contributed by atoms with van der Waals surface area (Å²) in [5, 5.41) is 7.37. The van der Waals surface area contributed by atoms with Crippen LogP contribution in [0.15, 0.2) is 18.2 Å². The maximum atomic E-state index is 13.1. The molecule has 2 atom stereocenters. The summed E-state index contributed by atoms with van der Waals surface area (Å²) in [4.78, 5) is 0. The van der Waals surface area contributed by atoms with Crippen molar-refractivity contribution in [2.24, 2.45) is 0 Å². The molecule has 1 aliphatic rings. The van der Waals surface area contributed by atoms with Crippen molar-refractivity contribution in [3.8, 4) is 0 Å². The smallest absolute Gasteiger partial charge is 0.125 e. The first-order chi connectivity index (χ1) is 8.65. The molecule has 1 fully saturated rings. The van der Waals surface area contributed by atoms with E-state index < -0.39 is 0 Å². The number of piperidine rings is 1. The number of hydrogen-bond acceptors (Lipinski definition) is 2. The Morgan fingerprint density at radius 2 is 2.33 bits per heavy atom. The second kappa shape index (κ2) is 6.39. The van der Waals surface area contributed by atoms with E-state index in [9.17, 15) is 4.39 Å². The SMILES string of the molecule is CC(CC1CCCCN1)Nc1cc(F)ccc1Cl. The second-order valence-corrected chi connectivity index (χ2v) is 5.46. The molecule has 1 aliphatic heterocycles. The topological polar surface area (TPSA) is 24.1 Å². The van der Waals surface area contributed by atoms with E-state index in [1.165, 1.54) is 31.4 Å². The van der Waals surface area contributed by atoms with Crippen LogP contribution in [-0.2, 0) is 0 Å². The van der Waals surface area contributed by atoms with E-state index >= 15 is 0 Å². The summed E-state index contributed by atoms with van der Waals surface area (Å²) in [5.41, 5.74) is 0.681. The molecule has 18 heavy (non-hydrogen) atoms. The van der Waals surface area contributed by atoms with E-state index in [1.54, 1.807) is 6.07 Å². The number of halogens is 2. The molecule has 0 amide bonds. The summed E-state index contributed by atoms with van der Waals surface area (Å²) < 4.78 is 13.1. The molecule has 2 N–H and O–H groups in total. The Balaban J connectivity index is 1.89. The number of rotatable bonds is 4. The summed E-state index contributed by atoms with van der Waals surface area (Å²) in [7, 11) is 0. The van der Waals surface area contributed by atoms with E-state index in [4.69, 9.17) is 11.6 Å². The van der Waals surface area contributed by atoms with Crippen molar-refractivity contribution in [2.75, 3.05) is 11.9 Å². The highest BCUT2D eigenvalue weighted by Gasteiger charge is 2.16. The van der Waals surface area contributed by atoms with Gasteiger partial charge in [0.15, 0.2) is 0 Å². The predicted molar refractivity (Wildman–Crippen MR) is 74.8 cm³/mol. The van der Waals surface area contributed by atoms with Gasteiger partial charge in [0.2, 0.25) is 0 Å². The maximum absolute atomic E-state index is 13.1. The molecule has 1 aromatic carbocycles. The van der Waals surface area contributed by atoms with Gasteiger partial charge in [0.25, 0.3) is 0 Å². The van der Waals surface area contributed by atoms with Crippen molar-refractivity contribution in [1.82, 2.24) is 5.32 Å². The summed E-state index contributed by atoms with van der Waals surface area (Å²) >= 11 is 6.04. The minimum absolute atomic E-state index is 0.259. The van der Waals surface area contributed by atoms with Crippen LogP contribution in [0.5, 0.6) is 0 Å². The molecule has 2 rings (SSSR count). The van der Waals surface area contributed by atoms with Crippen LogP contribution < -0.4 is 10.6 Å². The van der Waals surface area contributed by atoms with Crippen LogP contribution in [0.1, 0.15) is 32.6 Å². The fourth-order valence-corrected chi connectivity index (χ4v) is 2.66. The van der Waals surface area contributed by atoms with Gasteiger partial charge in [0.05, 0.1) is 10.7 Å². The average molecular weight is 271 g/mol. The Labute approximate surface area is 113 Å². The minimum Gasteiger partial charge on any atom is -0.381 e. The van der Waals surface area contributed by atoms with E-state index in [-0.39, 0.29) is 11.9 Å². The molecular weight excluding hydrogens is 251 g/mol. The van der Waals surface area contributed by atoms with Gasteiger partial charge in [-0.15, -0.1) is 0 Å². The summed E-state index contributed by atoms with van der Waals surface area (Å²) in [6.07, 6.45) is 4.83. The Morgan fingerprint density at radius 3 is 3.06 bits per heavy atom. The van der Waals surface area contributed by atoms with Gasteiger partial charge in [-0.1, -0.05) is 18.0 Å². The summed E-state index contributed by atoms with van der Waals surface area (Å²) in [6, 6.07) is 5.26. The van der Waals surface area contributed by atoms with Gasteiger partial charge in [-0.2, -0.15) is 0 Å². The molecule has 1 heterocycles. The van der Waals surface area contributed by atoms with Gasteiger partial charge in [-0.3, -0.25) is 0 Å². The molecule has 1 saturated heterocycles. The van der Waals surface area contributed by atoms with Crippen LogP contribution in [0.2, 0.25) is 5.02 Å². The molecule has 4 heteroatoms. The van der Waals surface area contributed by atoms with Crippen LogP contribution in [0.4, 0.5) is 10.1 Å². The van der Waals surface area contributed by atoms with E-state index in [2.05, 4.69) is 17.6 Å². The fourth-order valence-electron chi connectivity index (χ4n) is 2.48. The third-order valence-corrected chi connectivity index (χ3v) is 3.71. The first-order valence-electron chi connectivity index (χ1n) is 6.60. The Hall–Kier alpha value is -0.800. The monoisotopic (exact) mass is 270 g/mol. The lowest BCUT2D eigenvalue weighted by molar-refractivity contribution is 0.371. The maximum Gasteiger partial charge on any atom is 0.125 e. The fraction of sp³-hybridized carbons (Fsp3) is 0.571. The van der Waals surface area contributed by atoms with Crippen molar-refractivity contribution in [3.63, 3.8) is 0 Å². The van der Waals surface area contributed by atoms with Crippen LogP contribution in [0.25, 0.3) is 0 Å². The zero-order chi connectivity index (χ0) is 13.0. The van der Waals surface area contributed by atoms with Crippen molar-refractivity contribution in [2.45, 2.75) is 44.7 Å². The highest BCUT2D eigenvalue weighted by Crippen LogP contribution is 2.24. The average Bonchev–Trinajstić information content (AvgIpc) is 2.35. The lowest BCUT2D eigenvalue weighted by Gasteiger charge is -2.27. The van der Waals surface area contributed by atoms with Gasteiger partial charge in [0.1, 0.15) is 5.82 Å². The standard InChI is InChI=1S/C14H20ClFN2/c1-10(8-12-4-2-3-7-17-12)18-14-9-11(16)5-6-13(14)15/h5-6,9-10,12,17-18H,2-4,7-8H2,1H3. The first-order valence-corrected chi connectivity index (χ1v) is 6.98. The molecule has 0 bridgehead atoms. The van der Waals surface area contributed by atoms with E-state index in [1.807, 2.05) is 0 Å². The van der Waals surface area contributed by atoms with Crippen molar-refractivity contribution in [3.05, 3.63) is 29.0 Å². The zero-order valence-electron chi connectivity index (χ0n) is 10.7. The zero-order valence-corrected chi connectivity index (χ0v) is 11.4. The molecular formula is C14H20ClFN2. The highest BCUT2D eigenvalue weighted by atomic mass is 35.5. The van der Waals surface area contributed by atoms with Crippen molar-refractivity contribution < 1.29 is 4.39 Å². The molecule has 0 spiro atoms. The minimum atomic E-state index is -0.259. The molecule has 0 aromatic heterocycles. The van der Waals surface area contributed by atoms with Gasteiger partial charge in [-0.05, 0) is 50.9 Å². The number of benzene rings is 1. The van der Waals surface area contributed by atoms with Crippen molar-refractivity contribution in [1.29, 1.82) is 0 Å².